The van der Waals surface area contributed by atoms with Crippen LogP contribution in [0, 0.1) is 0 Å². The van der Waals surface area contributed by atoms with Crippen LogP contribution in [0.15, 0.2) is 52.9 Å². The molecule has 0 saturated heterocycles. The summed E-state index contributed by atoms with van der Waals surface area (Å²) in [6, 6.07) is 16.5. The van der Waals surface area contributed by atoms with E-state index < -0.39 is 0 Å². The molecule has 3 aromatic carbocycles. The minimum atomic E-state index is 0.746. The Bertz CT molecular complexity index is 940. The fraction of sp³-hybridized carbons (Fsp3) is 0. The van der Waals surface area contributed by atoms with E-state index in [1.807, 2.05) is 32.1 Å². The fourth-order valence-corrected chi connectivity index (χ4v) is 2.83. The summed E-state index contributed by atoms with van der Waals surface area (Å²) in [5.41, 5.74) is 2.83. The van der Waals surface area contributed by atoms with Crippen LogP contribution in [0.2, 0.25) is 5.02 Å². The number of hydrogen-bond donors (Lipinski definition) is 0. The molecule has 0 radical (unpaired) electrons. The molecule has 0 amide bonds. The molecule has 3 heteroatoms. The maximum absolute atomic E-state index is 6.17. The zero-order chi connectivity index (χ0) is 13.0. The molecule has 0 N–H and O–H groups in total. The largest absolute Gasteiger partial charge is 0.456 e. The van der Waals surface area contributed by atoms with E-state index in [1.165, 1.54) is 5.39 Å². The molecule has 19 heavy (non-hydrogen) atoms. The van der Waals surface area contributed by atoms with Crippen LogP contribution < -0.4 is 5.46 Å². The molecular formula is C16H10BClO. The van der Waals surface area contributed by atoms with E-state index in [-0.39, 0.29) is 0 Å². The van der Waals surface area contributed by atoms with Crippen LogP contribution in [0.25, 0.3) is 32.7 Å². The van der Waals surface area contributed by atoms with Gasteiger partial charge in [-0.3, -0.25) is 0 Å². The summed E-state index contributed by atoms with van der Waals surface area (Å²) in [7, 11) is 2.00. The first-order valence-corrected chi connectivity index (χ1v) is 6.62. The van der Waals surface area contributed by atoms with Crippen molar-refractivity contribution in [1.29, 1.82) is 0 Å². The summed E-state index contributed by atoms with van der Waals surface area (Å²) in [6.45, 7) is 0. The Morgan fingerprint density at radius 3 is 2.42 bits per heavy atom. The zero-order valence-corrected chi connectivity index (χ0v) is 11.2. The van der Waals surface area contributed by atoms with E-state index in [1.54, 1.807) is 0 Å². The zero-order valence-electron chi connectivity index (χ0n) is 10.4. The van der Waals surface area contributed by atoms with E-state index >= 15 is 0 Å². The molecule has 0 atom stereocenters. The maximum Gasteiger partial charge on any atom is 0.146 e. The van der Waals surface area contributed by atoms with Gasteiger partial charge in [0.1, 0.15) is 19.0 Å². The molecule has 0 fully saturated rings. The lowest BCUT2D eigenvalue weighted by Crippen LogP contribution is -2.03. The lowest BCUT2D eigenvalue weighted by atomic mass is 9.93. The van der Waals surface area contributed by atoms with Gasteiger partial charge in [0.25, 0.3) is 0 Å². The summed E-state index contributed by atoms with van der Waals surface area (Å²) >= 11 is 6.17. The third-order valence-electron chi connectivity index (χ3n) is 3.71. The quantitative estimate of drug-likeness (QED) is 0.442. The first-order chi connectivity index (χ1) is 9.25. The standard InChI is InChI=1S/C16H10BClO/c17-14-13(18)8-7-12-11-6-5-9-3-1-2-4-10(9)15(11)19-16(12)14/h1-8H,17H2. The van der Waals surface area contributed by atoms with Crippen molar-refractivity contribution in [1.82, 2.24) is 0 Å². The predicted molar refractivity (Wildman–Crippen MR) is 84.4 cm³/mol. The Morgan fingerprint density at radius 1 is 0.789 bits per heavy atom. The Hall–Kier alpha value is -1.93. The van der Waals surface area contributed by atoms with E-state index in [2.05, 4.69) is 24.3 Å². The van der Waals surface area contributed by atoms with Crippen molar-refractivity contribution in [3.8, 4) is 0 Å². The van der Waals surface area contributed by atoms with Gasteiger partial charge in [0.05, 0.1) is 0 Å². The van der Waals surface area contributed by atoms with Gasteiger partial charge in [-0.15, -0.1) is 0 Å². The lowest BCUT2D eigenvalue weighted by Gasteiger charge is -1.97. The van der Waals surface area contributed by atoms with Crippen molar-refractivity contribution >= 4 is 57.6 Å². The van der Waals surface area contributed by atoms with Gasteiger partial charge in [-0.1, -0.05) is 41.9 Å². The van der Waals surface area contributed by atoms with Gasteiger partial charge in [0.15, 0.2) is 0 Å². The van der Waals surface area contributed by atoms with Crippen LogP contribution in [0.4, 0.5) is 0 Å². The Morgan fingerprint density at radius 2 is 1.53 bits per heavy atom. The Labute approximate surface area is 116 Å². The van der Waals surface area contributed by atoms with Crippen molar-refractivity contribution in [2.45, 2.75) is 0 Å². The van der Waals surface area contributed by atoms with E-state index in [0.29, 0.717) is 0 Å². The summed E-state index contributed by atoms with van der Waals surface area (Å²) in [5.74, 6) is 0. The molecular weight excluding hydrogens is 254 g/mol. The van der Waals surface area contributed by atoms with Crippen LogP contribution in [-0.4, -0.2) is 7.85 Å². The summed E-state index contributed by atoms with van der Waals surface area (Å²) < 4.78 is 6.09. The molecule has 1 aromatic heterocycles. The van der Waals surface area contributed by atoms with E-state index in [4.69, 9.17) is 16.0 Å². The van der Waals surface area contributed by atoms with Crippen molar-refractivity contribution in [2.75, 3.05) is 0 Å². The number of rotatable bonds is 0. The normalized spacial score (nSPS) is 11.6. The lowest BCUT2D eigenvalue weighted by molar-refractivity contribution is 0.675. The van der Waals surface area contributed by atoms with Crippen LogP contribution in [0.5, 0.6) is 0 Å². The van der Waals surface area contributed by atoms with E-state index in [0.717, 1.165) is 37.8 Å². The van der Waals surface area contributed by atoms with Gasteiger partial charge in [-0.25, -0.2) is 0 Å². The molecule has 4 rings (SSSR count). The highest BCUT2D eigenvalue weighted by atomic mass is 35.5. The van der Waals surface area contributed by atoms with Crippen LogP contribution in [0.3, 0.4) is 0 Å². The first-order valence-electron chi connectivity index (χ1n) is 6.25. The van der Waals surface area contributed by atoms with Gasteiger partial charge < -0.3 is 4.42 Å². The van der Waals surface area contributed by atoms with Gasteiger partial charge in [0.2, 0.25) is 0 Å². The molecule has 0 aliphatic carbocycles. The highest BCUT2D eigenvalue weighted by Gasteiger charge is 2.12. The smallest absolute Gasteiger partial charge is 0.146 e. The molecule has 90 valence electrons. The van der Waals surface area contributed by atoms with Crippen molar-refractivity contribution in [3.05, 3.63) is 53.6 Å². The van der Waals surface area contributed by atoms with Gasteiger partial charge in [-0.2, -0.15) is 0 Å². The predicted octanol–water partition coefficient (Wildman–Crippen LogP) is 3.65. The van der Waals surface area contributed by atoms with Crippen LogP contribution in [0.1, 0.15) is 0 Å². The van der Waals surface area contributed by atoms with E-state index in [9.17, 15) is 0 Å². The average molecular weight is 265 g/mol. The highest BCUT2D eigenvalue weighted by Crippen LogP contribution is 2.33. The topological polar surface area (TPSA) is 13.1 Å². The number of furan rings is 1. The second kappa shape index (κ2) is 3.78. The second-order valence-electron chi connectivity index (χ2n) is 4.81. The third-order valence-corrected chi connectivity index (χ3v) is 4.12. The van der Waals surface area contributed by atoms with Crippen molar-refractivity contribution in [2.24, 2.45) is 0 Å². The molecule has 1 nitrogen and oxygen atoms in total. The number of halogens is 1. The number of hydrogen-bond acceptors (Lipinski definition) is 1. The molecule has 0 bridgehead atoms. The van der Waals surface area contributed by atoms with Gasteiger partial charge in [-0.05, 0) is 29.0 Å². The number of fused-ring (bicyclic) bond motifs is 5. The molecule has 0 unspecified atom stereocenters. The average Bonchev–Trinajstić information content (AvgIpc) is 2.83. The Kier molecular flexibility index (Phi) is 2.18. The highest BCUT2D eigenvalue weighted by molar-refractivity contribution is 6.49. The molecule has 4 aromatic rings. The SMILES string of the molecule is Bc1c(Cl)ccc2c1oc1c3ccccc3ccc21. The number of benzene rings is 3. The summed E-state index contributed by atoms with van der Waals surface area (Å²) in [6.07, 6.45) is 0. The molecule has 0 aliphatic heterocycles. The van der Waals surface area contributed by atoms with Gasteiger partial charge in [0, 0.05) is 21.2 Å². The first kappa shape index (κ1) is 10.9. The van der Waals surface area contributed by atoms with Crippen LogP contribution in [-0.2, 0) is 0 Å². The molecule has 0 spiro atoms. The minimum Gasteiger partial charge on any atom is -0.456 e. The molecule has 0 aliphatic rings. The third kappa shape index (κ3) is 1.44. The van der Waals surface area contributed by atoms with Crippen molar-refractivity contribution < 1.29 is 4.42 Å². The van der Waals surface area contributed by atoms with Gasteiger partial charge >= 0.3 is 0 Å². The Balaban J connectivity index is 2.30. The maximum atomic E-state index is 6.17. The minimum absolute atomic E-state index is 0.746. The monoisotopic (exact) mass is 264 g/mol. The second-order valence-corrected chi connectivity index (χ2v) is 5.22. The molecule has 0 saturated carbocycles. The van der Waals surface area contributed by atoms with Crippen LogP contribution >= 0.6 is 11.6 Å². The molecule has 1 heterocycles. The van der Waals surface area contributed by atoms with Crippen molar-refractivity contribution in [3.63, 3.8) is 0 Å². The summed E-state index contributed by atoms with van der Waals surface area (Å²) in [5, 5.41) is 5.36. The fourth-order valence-electron chi connectivity index (χ4n) is 2.68. The summed E-state index contributed by atoms with van der Waals surface area (Å²) in [4.78, 5) is 0.